The lowest BCUT2D eigenvalue weighted by molar-refractivity contribution is 0.668. The third-order valence-corrected chi connectivity index (χ3v) is 8.50. The van der Waals surface area contributed by atoms with Crippen molar-refractivity contribution in [1.29, 1.82) is 0 Å². The van der Waals surface area contributed by atoms with Crippen LogP contribution in [0.5, 0.6) is 0 Å². The Hall–Kier alpha value is -4.72. The van der Waals surface area contributed by atoms with Crippen LogP contribution in [0, 0.1) is 27.7 Å². The number of rotatable bonds is 16. The molecule has 4 rings (SSSR count). The van der Waals surface area contributed by atoms with Crippen molar-refractivity contribution in [2.45, 2.75) is 47.0 Å². The monoisotopic (exact) mass is 608 g/mol. The molecule has 0 aliphatic carbocycles. The van der Waals surface area contributed by atoms with Crippen LogP contribution in [0.3, 0.4) is 0 Å². The van der Waals surface area contributed by atoms with Gasteiger partial charge >= 0.3 is 0 Å². The van der Waals surface area contributed by atoms with Crippen LogP contribution in [-0.4, -0.2) is 39.3 Å². The third-order valence-electron chi connectivity index (χ3n) is 8.50. The highest BCUT2D eigenvalue weighted by Crippen LogP contribution is 2.24. The molecule has 0 amide bonds. The van der Waals surface area contributed by atoms with Gasteiger partial charge in [0.05, 0.1) is 0 Å². The van der Waals surface area contributed by atoms with Crippen molar-refractivity contribution in [3.63, 3.8) is 0 Å². The Bertz CT molecular complexity index is 1430. The molecule has 8 heteroatoms. The molecule has 240 valence electrons. The number of aryl methyl sites for hydroxylation is 4. The molecule has 0 heterocycles. The SMILES string of the molecule is Cc1cc(NCCCN(CCCN(CCCNc2ccc(N)c(C)c2)c2ccc(N)c(C)c2)c2ccc(N)c(C)c2)ccc1N. The first-order chi connectivity index (χ1) is 21.6. The van der Waals surface area contributed by atoms with Gasteiger partial charge in [-0.1, -0.05) is 0 Å². The van der Waals surface area contributed by atoms with Gasteiger partial charge in [-0.25, -0.2) is 0 Å². The molecule has 0 bridgehead atoms. The standard InChI is InChI=1S/C37H52N8/c1-26-22-30(8-12-34(26)38)42-16-5-18-44(32-10-14-36(40)28(3)24-32)20-7-21-45(33-11-15-37(41)29(4)25-33)19-6-17-43-31-9-13-35(39)27(2)23-31/h8-15,22-25,42-43H,5-7,16-21,38-41H2,1-4H3. The predicted molar refractivity (Wildman–Crippen MR) is 198 cm³/mol. The van der Waals surface area contributed by atoms with E-state index in [4.69, 9.17) is 22.9 Å². The van der Waals surface area contributed by atoms with Crippen molar-refractivity contribution in [3.8, 4) is 0 Å². The van der Waals surface area contributed by atoms with E-state index in [0.717, 1.165) is 115 Å². The van der Waals surface area contributed by atoms with Gasteiger partial charge in [0, 0.05) is 84.8 Å². The van der Waals surface area contributed by atoms with Crippen LogP contribution in [-0.2, 0) is 0 Å². The molecule has 0 radical (unpaired) electrons. The van der Waals surface area contributed by atoms with Crippen molar-refractivity contribution in [1.82, 2.24) is 0 Å². The average molecular weight is 609 g/mol. The Morgan fingerprint density at radius 1 is 0.444 bits per heavy atom. The van der Waals surface area contributed by atoms with E-state index in [2.05, 4.69) is 70.7 Å². The fourth-order valence-electron chi connectivity index (χ4n) is 5.48. The Kier molecular flexibility index (Phi) is 11.7. The third kappa shape index (κ3) is 9.63. The second-order valence-electron chi connectivity index (χ2n) is 12.1. The Balaban J connectivity index is 1.38. The second-order valence-corrected chi connectivity index (χ2v) is 12.1. The minimum Gasteiger partial charge on any atom is -0.399 e. The van der Waals surface area contributed by atoms with Gasteiger partial charge in [0.15, 0.2) is 0 Å². The molecule has 0 aliphatic rings. The molecule has 0 atom stereocenters. The van der Waals surface area contributed by atoms with E-state index in [1.165, 1.54) is 11.4 Å². The molecular weight excluding hydrogens is 556 g/mol. The molecule has 0 fully saturated rings. The quantitative estimate of drug-likeness (QED) is 0.0594. The predicted octanol–water partition coefficient (Wildman–Crippen LogP) is 6.96. The van der Waals surface area contributed by atoms with Crippen molar-refractivity contribution < 1.29 is 0 Å². The zero-order valence-electron chi connectivity index (χ0n) is 27.5. The first-order valence-electron chi connectivity index (χ1n) is 16.0. The van der Waals surface area contributed by atoms with E-state index in [0.29, 0.717) is 0 Å². The number of nitrogens with one attached hydrogen (secondary N) is 2. The highest BCUT2D eigenvalue weighted by molar-refractivity contribution is 5.60. The van der Waals surface area contributed by atoms with Crippen molar-refractivity contribution in [3.05, 3.63) is 95.1 Å². The normalized spacial score (nSPS) is 10.9. The molecule has 4 aromatic rings. The Morgan fingerprint density at radius 2 is 0.778 bits per heavy atom. The highest BCUT2D eigenvalue weighted by Gasteiger charge is 2.12. The molecule has 0 unspecified atom stereocenters. The molecule has 0 spiro atoms. The Labute approximate surface area is 269 Å². The van der Waals surface area contributed by atoms with Gasteiger partial charge in [0.2, 0.25) is 0 Å². The first-order valence-corrected chi connectivity index (χ1v) is 16.0. The molecule has 10 N–H and O–H groups in total. The first kappa shape index (κ1) is 33.2. The maximum absolute atomic E-state index is 6.17. The van der Waals surface area contributed by atoms with E-state index in [9.17, 15) is 0 Å². The van der Waals surface area contributed by atoms with Crippen molar-refractivity contribution in [2.24, 2.45) is 0 Å². The Morgan fingerprint density at radius 3 is 1.13 bits per heavy atom. The summed E-state index contributed by atoms with van der Waals surface area (Å²) < 4.78 is 0. The summed E-state index contributed by atoms with van der Waals surface area (Å²) in [6.45, 7) is 13.8. The summed E-state index contributed by atoms with van der Waals surface area (Å²) in [6, 6.07) is 25.0. The number of nitrogens with two attached hydrogens (primary N) is 4. The van der Waals surface area contributed by atoms with Gasteiger partial charge in [-0.05, 0) is 142 Å². The van der Waals surface area contributed by atoms with Crippen LogP contribution >= 0.6 is 0 Å². The van der Waals surface area contributed by atoms with Crippen LogP contribution in [0.1, 0.15) is 41.5 Å². The summed E-state index contributed by atoms with van der Waals surface area (Å²) in [5, 5.41) is 7.12. The van der Waals surface area contributed by atoms with Crippen LogP contribution in [0.15, 0.2) is 72.8 Å². The minimum absolute atomic E-state index is 0.821. The molecule has 0 saturated heterocycles. The maximum Gasteiger partial charge on any atom is 0.0370 e. The van der Waals surface area contributed by atoms with Crippen LogP contribution in [0.25, 0.3) is 0 Å². The number of hydrogen-bond acceptors (Lipinski definition) is 8. The maximum atomic E-state index is 6.17. The van der Waals surface area contributed by atoms with E-state index in [1.54, 1.807) is 0 Å². The lowest BCUT2D eigenvalue weighted by Gasteiger charge is -2.29. The summed E-state index contributed by atoms with van der Waals surface area (Å²) in [7, 11) is 0. The van der Waals surface area contributed by atoms with Gasteiger partial charge in [0.25, 0.3) is 0 Å². The second kappa shape index (κ2) is 15.8. The van der Waals surface area contributed by atoms with Crippen molar-refractivity contribution >= 4 is 45.5 Å². The highest BCUT2D eigenvalue weighted by atomic mass is 15.2. The summed E-state index contributed by atoms with van der Waals surface area (Å²) in [5.74, 6) is 0. The van der Waals surface area contributed by atoms with Gasteiger partial charge in [-0.3, -0.25) is 0 Å². The van der Waals surface area contributed by atoms with Gasteiger partial charge in [-0.15, -0.1) is 0 Å². The van der Waals surface area contributed by atoms with E-state index < -0.39 is 0 Å². The van der Waals surface area contributed by atoms with Crippen molar-refractivity contribution in [2.75, 3.05) is 82.6 Å². The van der Waals surface area contributed by atoms with Crippen LogP contribution in [0.4, 0.5) is 45.5 Å². The van der Waals surface area contributed by atoms with Gasteiger partial charge < -0.3 is 43.4 Å². The molecule has 0 aromatic heterocycles. The van der Waals surface area contributed by atoms with E-state index in [-0.39, 0.29) is 0 Å². The number of anilines is 8. The number of hydrogen-bond donors (Lipinski definition) is 6. The van der Waals surface area contributed by atoms with E-state index >= 15 is 0 Å². The lowest BCUT2D eigenvalue weighted by Crippen LogP contribution is -2.32. The fraction of sp³-hybridized carbons (Fsp3) is 0.351. The summed E-state index contributed by atoms with van der Waals surface area (Å²) >= 11 is 0. The van der Waals surface area contributed by atoms with E-state index in [1.807, 2.05) is 50.2 Å². The minimum atomic E-state index is 0.821. The smallest absolute Gasteiger partial charge is 0.0370 e. The summed E-state index contributed by atoms with van der Waals surface area (Å²) in [6.07, 6.45) is 3.02. The topological polar surface area (TPSA) is 135 Å². The zero-order chi connectivity index (χ0) is 32.3. The number of nitrogens with zero attached hydrogens (tertiary/aromatic N) is 2. The van der Waals surface area contributed by atoms with Gasteiger partial charge in [-0.2, -0.15) is 0 Å². The lowest BCUT2D eigenvalue weighted by atomic mass is 10.1. The fourth-order valence-corrected chi connectivity index (χ4v) is 5.48. The molecule has 0 aliphatic heterocycles. The molecule has 8 nitrogen and oxygen atoms in total. The zero-order valence-corrected chi connectivity index (χ0v) is 27.5. The molecular formula is C37H52N8. The van der Waals surface area contributed by atoms with Crippen LogP contribution < -0.4 is 43.4 Å². The molecule has 0 saturated carbocycles. The number of benzene rings is 4. The van der Waals surface area contributed by atoms with Gasteiger partial charge in [0.1, 0.15) is 0 Å². The summed E-state index contributed by atoms with van der Waals surface area (Å²) in [4.78, 5) is 4.97. The largest absolute Gasteiger partial charge is 0.399 e. The molecule has 45 heavy (non-hydrogen) atoms. The summed E-state index contributed by atoms with van der Waals surface area (Å²) in [5.41, 5.74) is 36.7. The number of nitrogen functional groups attached to an aromatic ring is 4. The molecule has 4 aromatic carbocycles. The average Bonchev–Trinajstić information content (AvgIpc) is 3.01. The van der Waals surface area contributed by atoms with Crippen LogP contribution in [0.2, 0.25) is 0 Å².